The highest BCUT2D eigenvalue weighted by atomic mass is 35.5. The van der Waals surface area contributed by atoms with E-state index in [9.17, 15) is 24.5 Å². The van der Waals surface area contributed by atoms with E-state index in [0.717, 1.165) is 0 Å². The molecule has 0 aliphatic heterocycles. The van der Waals surface area contributed by atoms with Crippen molar-refractivity contribution in [3.05, 3.63) is 92.0 Å². The molecule has 190 valence electrons. The van der Waals surface area contributed by atoms with Gasteiger partial charge in [0.15, 0.2) is 11.5 Å². The van der Waals surface area contributed by atoms with Crippen LogP contribution in [-0.2, 0) is 9.59 Å². The number of esters is 1. The first-order valence-electron chi connectivity index (χ1n) is 10.3. The van der Waals surface area contributed by atoms with Gasteiger partial charge in [0.2, 0.25) is 0 Å². The third-order valence-corrected chi connectivity index (χ3v) is 5.37. The number of carbonyl (C=O) groups excluding carboxylic acids is 3. The number of anilines is 1. The van der Waals surface area contributed by atoms with Crippen LogP contribution in [0, 0.1) is 10.1 Å². The minimum absolute atomic E-state index is 0.0872. The van der Waals surface area contributed by atoms with Gasteiger partial charge in [-0.25, -0.2) is 10.2 Å². The third-order valence-electron chi connectivity index (χ3n) is 4.81. The molecule has 0 saturated carbocycles. The van der Waals surface area contributed by atoms with Crippen molar-refractivity contribution in [2.75, 3.05) is 12.4 Å². The van der Waals surface area contributed by atoms with Crippen LogP contribution in [0.5, 0.6) is 11.5 Å². The van der Waals surface area contributed by atoms with Crippen LogP contribution in [0.15, 0.2) is 65.8 Å². The fraction of sp³-hybridized carbons (Fsp3) is 0.0833. The second-order valence-corrected chi connectivity index (χ2v) is 8.12. The number of nitrogens with zero attached hydrogens (tertiary/aromatic N) is 2. The predicted molar refractivity (Wildman–Crippen MR) is 136 cm³/mol. The summed E-state index contributed by atoms with van der Waals surface area (Å²) >= 11 is 11.8. The van der Waals surface area contributed by atoms with Crippen molar-refractivity contribution in [1.29, 1.82) is 0 Å². The third kappa shape index (κ3) is 7.03. The fourth-order valence-corrected chi connectivity index (χ4v) is 3.21. The number of non-ortho nitro benzene ring substituents is 1. The molecule has 2 amide bonds. The molecule has 0 saturated heterocycles. The van der Waals surface area contributed by atoms with Gasteiger partial charge in [-0.1, -0.05) is 23.2 Å². The van der Waals surface area contributed by atoms with Crippen molar-refractivity contribution in [1.82, 2.24) is 5.43 Å². The maximum absolute atomic E-state index is 12.4. The summed E-state index contributed by atoms with van der Waals surface area (Å²) in [6.07, 6.45) is 0. The number of nitrogens with one attached hydrogen (secondary N) is 2. The number of hydrazone groups is 1. The second kappa shape index (κ2) is 12.0. The molecular weight excluding hydrogens is 527 g/mol. The van der Waals surface area contributed by atoms with Crippen LogP contribution in [0.2, 0.25) is 10.0 Å². The molecule has 0 fully saturated rings. The van der Waals surface area contributed by atoms with Crippen LogP contribution in [0.1, 0.15) is 22.8 Å². The van der Waals surface area contributed by atoms with E-state index in [1.807, 2.05) is 0 Å². The molecule has 0 aliphatic rings. The molecule has 0 aliphatic carbocycles. The zero-order valence-corrected chi connectivity index (χ0v) is 20.8. The number of nitro groups is 1. The van der Waals surface area contributed by atoms with E-state index in [1.165, 1.54) is 61.7 Å². The monoisotopic (exact) mass is 544 g/mol. The molecule has 0 heterocycles. The zero-order valence-electron chi connectivity index (χ0n) is 19.3. The van der Waals surface area contributed by atoms with Crippen molar-refractivity contribution < 1.29 is 28.8 Å². The van der Waals surface area contributed by atoms with Crippen LogP contribution in [-0.4, -0.2) is 35.5 Å². The SMILES string of the molecule is COc1cc(C(C)=NNC(=O)C(=O)Nc2cc(Cl)ccc2Cl)ccc1OC(=O)c1ccc([N+](=O)[O-])cc1. The Hall–Kier alpha value is -4.48. The van der Waals surface area contributed by atoms with Crippen molar-refractivity contribution in [3.8, 4) is 11.5 Å². The van der Waals surface area contributed by atoms with Crippen LogP contribution >= 0.6 is 23.2 Å². The van der Waals surface area contributed by atoms with Gasteiger partial charge in [-0.05, 0) is 55.5 Å². The molecule has 0 bridgehead atoms. The number of methoxy groups -OCH3 is 1. The smallest absolute Gasteiger partial charge is 0.343 e. The number of benzene rings is 3. The van der Waals surface area contributed by atoms with E-state index in [0.29, 0.717) is 16.3 Å². The molecule has 2 N–H and O–H groups in total. The minimum atomic E-state index is -1.05. The van der Waals surface area contributed by atoms with Gasteiger partial charge in [-0.15, -0.1) is 0 Å². The lowest BCUT2D eigenvalue weighted by Crippen LogP contribution is -2.33. The first-order valence-corrected chi connectivity index (χ1v) is 11.1. The van der Waals surface area contributed by atoms with Crippen molar-refractivity contribution in [3.63, 3.8) is 0 Å². The van der Waals surface area contributed by atoms with Gasteiger partial charge < -0.3 is 14.8 Å². The Morgan fingerprint density at radius 2 is 1.59 bits per heavy atom. The molecule has 0 radical (unpaired) electrons. The van der Waals surface area contributed by atoms with Crippen LogP contribution in [0.3, 0.4) is 0 Å². The van der Waals surface area contributed by atoms with Gasteiger partial charge in [-0.2, -0.15) is 5.10 Å². The Morgan fingerprint density at radius 3 is 2.24 bits per heavy atom. The molecular formula is C24H18Cl2N4O7. The van der Waals surface area contributed by atoms with Gasteiger partial charge in [-0.3, -0.25) is 19.7 Å². The number of ether oxygens (including phenoxy) is 2. The summed E-state index contributed by atoms with van der Waals surface area (Å²) in [4.78, 5) is 46.9. The maximum Gasteiger partial charge on any atom is 0.343 e. The first kappa shape index (κ1) is 27.1. The molecule has 13 heteroatoms. The zero-order chi connectivity index (χ0) is 27.1. The summed E-state index contributed by atoms with van der Waals surface area (Å²) in [5, 5.41) is 17.5. The lowest BCUT2D eigenvalue weighted by molar-refractivity contribution is -0.384. The summed E-state index contributed by atoms with van der Waals surface area (Å²) in [6.45, 7) is 1.57. The Bertz CT molecular complexity index is 1410. The van der Waals surface area contributed by atoms with E-state index in [-0.39, 0.29) is 33.5 Å². The highest BCUT2D eigenvalue weighted by Gasteiger charge is 2.17. The molecule has 0 spiro atoms. The molecule has 3 aromatic carbocycles. The van der Waals surface area contributed by atoms with Crippen LogP contribution in [0.25, 0.3) is 0 Å². The Balaban J connectivity index is 1.67. The Morgan fingerprint density at radius 1 is 0.919 bits per heavy atom. The number of rotatable bonds is 7. The first-order chi connectivity index (χ1) is 17.6. The van der Waals surface area contributed by atoms with E-state index in [4.69, 9.17) is 32.7 Å². The van der Waals surface area contributed by atoms with E-state index in [2.05, 4.69) is 15.8 Å². The standard InChI is InChI=1S/C24H18Cl2N4O7/c1-13(28-29-23(32)22(31)27-19-12-16(25)6-9-18(19)26)15-5-10-20(21(11-15)36-2)37-24(33)14-3-7-17(8-4-14)30(34)35/h3-12H,1-2H3,(H,27,31)(H,29,32). The number of hydrogen-bond acceptors (Lipinski definition) is 8. The van der Waals surface area contributed by atoms with E-state index in [1.54, 1.807) is 13.0 Å². The molecule has 0 atom stereocenters. The minimum Gasteiger partial charge on any atom is -0.493 e. The Kier molecular flexibility index (Phi) is 8.77. The fourth-order valence-electron chi connectivity index (χ4n) is 2.88. The predicted octanol–water partition coefficient (Wildman–Crippen LogP) is 4.61. The van der Waals surface area contributed by atoms with E-state index < -0.39 is 22.7 Å². The molecule has 0 aromatic heterocycles. The number of halogens is 2. The summed E-state index contributed by atoms with van der Waals surface area (Å²) in [5.41, 5.74) is 3.06. The van der Waals surface area contributed by atoms with E-state index >= 15 is 0 Å². The van der Waals surface area contributed by atoms with Crippen molar-refractivity contribution >= 4 is 58.1 Å². The van der Waals surface area contributed by atoms with Gasteiger partial charge in [0, 0.05) is 22.7 Å². The molecule has 3 aromatic rings. The maximum atomic E-state index is 12.4. The number of carbonyl (C=O) groups is 3. The average Bonchev–Trinajstić information content (AvgIpc) is 2.89. The van der Waals surface area contributed by atoms with Crippen LogP contribution in [0.4, 0.5) is 11.4 Å². The summed E-state index contributed by atoms with van der Waals surface area (Å²) in [5.74, 6) is -2.53. The number of amides is 2. The van der Waals surface area contributed by atoms with Gasteiger partial charge >= 0.3 is 17.8 Å². The summed E-state index contributed by atoms with van der Waals surface area (Å²) in [6, 6.07) is 13.8. The summed E-state index contributed by atoms with van der Waals surface area (Å²) in [7, 11) is 1.36. The quantitative estimate of drug-likeness (QED) is 0.110. The van der Waals surface area contributed by atoms with Crippen molar-refractivity contribution in [2.24, 2.45) is 5.10 Å². The van der Waals surface area contributed by atoms with Crippen molar-refractivity contribution in [2.45, 2.75) is 6.92 Å². The molecule has 0 unspecified atom stereocenters. The van der Waals surface area contributed by atoms with Gasteiger partial charge in [0.1, 0.15) is 0 Å². The number of hydrogen-bond donors (Lipinski definition) is 2. The lowest BCUT2D eigenvalue weighted by atomic mass is 10.1. The highest BCUT2D eigenvalue weighted by Crippen LogP contribution is 2.29. The normalized spacial score (nSPS) is 10.9. The van der Waals surface area contributed by atoms with Gasteiger partial charge in [0.05, 0.1) is 34.0 Å². The topological polar surface area (TPSA) is 149 Å². The van der Waals surface area contributed by atoms with Gasteiger partial charge in [0.25, 0.3) is 5.69 Å². The largest absolute Gasteiger partial charge is 0.493 e. The Labute approximate surface area is 220 Å². The van der Waals surface area contributed by atoms with Crippen LogP contribution < -0.4 is 20.2 Å². The lowest BCUT2D eigenvalue weighted by Gasteiger charge is -2.11. The highest BCUT2D eigenvalue weighted by molar-refractivity contribution is 6.42. The molecule has 37 heavy (non-hydrogen) atoms. The average molecular weight is 545 g/mol. The molecule has 11 nitrogen and oxygen atoms in total. The molecule has 3 rings (SSSR count). The second-order valence-electron chi connectivity index (χ2n) is 7.28. The number of nitro benzene ring substituents is 1. The summed E-state index contributed by atoms with van der Waals surface area (Å²) < 4.78 is 10.6.